The third kappa shape index (κ3) is 3.62. The van der Waals surface area contributed by atoms with Crippen LogP contribution in [-0.2, 0) is 27.6 Å². The van der Waals surface area contributed by atoms with Gasteiger partial charge in [-0.3, -0.25) is 9.59 Å². The quantitative estimate of drug-likeness (QED) is 0.729. The number of hydrogen-bond donors (Lipinski definition) is 2. The van der Waals surface area contributed by atoms with Gasteiger partial charge in [0, 0.05) is 30.7 Å². The number of rotatable bonds is 7. The van der Waals surface area contributed by atoms with Gasteiger partial charge < -0.3 is 19.8 Å². The lowest BCUT2D eigenvalue weighted by Crippen LogP contribution is -2.31. The van der Waals surface area contributed by atoms with E-state index in [1.54, 1.807) is 31.0 Å². The molecule has 9 heteroatoms. The molecule has 8 nitrogen and oxygen atoms in total. The summed E-state index contributed by atoms with van der Waals surface area (Å²) in [5, 5.41) is 10.0. The fraction of sp³-hybridized carbons (Fsp3) is 0.400. The summed E-state index contributed by atoms with van der Waals surface area (Å²) in [5.74, 6) is 1.76. The first-order valence-electron chi connectivity index (χ1n) is 7.46. The van der Waals surface area contributed by atoms with Gasteiger partial charge in [-0.2, -0.15) is 16.9 Å². The molecule has 0 aliphatic carbocycles. The second kappa shape index (κ2) is 7.54. The highest BCUT2D eigenvalue weighted by Gasteiger charge is 2.25. The lowest BCUT2D eigenvalue weighted by molar-refractivity contribution is -0.122. The van der Waals surface area contributed by atoms with E-state index < -0.39 is 0 Å². The largest absolute Gasteiger partial charge is 0.459 e. The maximum absolute atomic E-state index is 12.3. The topological polar surface area (TPSA) is 98.4 Å². The Morgan fingerprint density at radius 3 is 3.08 bits per heavy atom. The summed E-state index contributed by atoms with van der Waals surface area (Å²) in [6.07, 6.45) is 1.44. The first-order chi connectivity index (χ1) is 11.7. The van der Waals surface area contributed by atoms with Gasteiger partial charge in [-0.1, -0.05) is 0 Å². The van der Waals surface area contributed by atoms with Crippen LogP contribution >= 0.6 is 11.8 Å². The van der Waals surface area contributed by atoms with E-state index in [0.29, 0.717) is 19.0 Å². The Morgan fingerprint density at radius 1 is 1.46 bits per heavy atom. The van der Waals surface area contributed by atoms with Gasteiger partial charge >= 0.3 is 0 Å². The standard InChI is InChI=1S/C15H18N4O4S/c1-22-6-4-16-13(20)7-19-14(10-8-24-9-11(10)18-19)17-15(21)12-3-2-5-23-12/h2-3,5H,4,6-9H2,1H3,(H,16,20)(H,17,21). The predicted molar refractivity (Wildman–Crippen MR) is 88.8 cm³/mol. The Bertz CT molecular complexity index is 726. The summed E-state index contributed by atoms with van der Waals surface area (Å²) >= 11 is 1.73. The molecule has 128 valence electrons. The molecule has 2 aromatic rings. The Labute approximate surface area is 142 Å². The zero-order chi connectivity index (χ0) is 16.9. The van der Waals surface area contributed by atoms with Crippen molar-refractivity contribution in [1.29, 1.82) is 0 Å². The molecule has 24 heavy (non-hydrogen) atoms. The van der Waals surface area contributed by atoms with E-state index in [9.17, 15) is 9.59 Å². The van der Waals surface area contributed by atoms with Gasteiger partial charge in [0.2, 0.25) is 5.91 Å². The predicted octanol–water partition coefficient (Wildman–Crippen LogP) is 1.24. The lowest BCUT2D eigenvalue weighted by Gasteiger charge is -2.10. The van der Waals surface area contributed by atoms with Gasteiger partial charge in [0.25, 0.3) is 5.91 Å². The fourth-order valence-corrected chi connectivity index (χ4v) is 3.42. The normalized spacial score (nSPS) is 12.9. The molecular formula is C15H18N4O4S. The third-order valence-corrected chi connectivity index (χ3v) is 4.49. The SMILES string of the molecule is COCCNC(=O)Cn1nc2c(c1NC(=O)c1ccco1)CSC2. The Morgan fingerprint density at radius 2 is 2.33 bits per heavy atom. The van der Waals surface area contributed by atoms with Gasteiger partial charge in [-0.15, -0.1) is 0 Å². The number of furan rings is 1. The molecule has 2 amide bonds. The Kier molecular flexibility index (Phi) is 5.21. The number of methoxy groups -OCH3 is 1. The van der Waals surface area contributed by atoms with E-state index in [2.05, 4.69) is 15.7 Å². The monoisotopic (exact) mass is 350 g/mol. The molecule has 3 rings (SSSR count). The van der Waals surface area contributed by atoms with Crippen molar-refractivity contribution >= 4 is 29.4 Å². The van der Waals surface area contributed by atoms with Crippen LogP contribution in [0, 0.1) is 0 Å². The minimum atomic E-state index is -0.361. The summed E-state index contributed by atoms with van der Waals surface area (Å²) in [6, 6.07) is 3.23. The zero-order valence-corrected chi connectivity index (χ0v) is 14.0. The summed E-state index contributed by atoms with van der Waals surface area (Å²) in [7, 11) is 1.57. The Balaban J connectivity index is 1.74. The number of anilines is 1. The molecule has 0 bridgehead atoms. The number of aromatic nitrogens is 2. The molecule has 0 saturated carbocycles. The van der Waals surface area contributed by atoms with Crippen LogP contribution in [-0.4, -0.2) is 41.9 Å². The van der Waals surface area contributed by atoms with Crippen molar-refractivity contribution in [3.05, 3.63) is 35.4 Å². The van der Waals surface area contributed by atoms with Gasteiger partial charge in [0.1, 0.15) is 12.4 Å². The molecule has 0 spiro atoms. The van der Waals surface area contributed by atoms with Crippen molar-refractivity contribution in [3.63, 3.8) is 0 Å². The van der Waals surface area contributed by atoms with Crippen molar-refractivity contribution in [2.45, 2.75) is 18.1 Å². The molecular weight excluding hydrogens is 332 g/mol. The smallest absolute Gasteiger partial charge is 0.292 e. The molecule has 1 aliphatic rings. The van der Waals surface area contributed by atoms with Gasteiger partial charge in [-0.25, -0.2) is 4.68 Å². The van der Waals surface area contributed by atoms with Gasteiger partial charge in [-0.05, 0) is 12.1 Å². The number of thioether (sulfide) groups is 1. The van der Waals surface area contributed by atoms with Crippen molar-refractivity contribution in [1.82, 2.24) is 15.1 Å². The van der Waals surface area contributed by atoms with Crippen LogP contribution in [0.2, 0.25) is 0 Å². The van der Waals surface area contributed by atoms with Crippen LogP contribution in [0.3, 0.4) is 0 Å². The van der Waals surface area contributed by atoms with Crippen LogP contribution in [0.4, 0.5) is 5.82 Å². The second-order valence-electron chi connectivity index (χ2n) is 5.20. The maximum atomic E-state index is 12.3. The first kappa shape index (κ1) is 16.6. The number of amides is 2. The molecule has 0 aromatic carbocycles. The van der Waals surface area contributed by atoms with Crippen LogP contribution in [0.15, 0.2) is 22.8 Å². The summed E-state index contributed by atoms with van der Waals surface area (Å²) in [6.45, 7) is 0.912. The van der Waals surface area contributed by atoms with Crippen molar-refractivity contribution in [2.75, 3.05) is 25.6 Å². The minimum Gasteiger partial charge on any atom is -0.459 e. The van der Waals surface area contributed by atoms with Crippen molar-refractivity contribution in [3.8, 4) is 0 Å². The number of carbonyl (C=O) groups excluding carboxylic acids is 2. The van der Waals surface area contributed by atoms with E-state index in [0.717, 1.165) is 22.8 Å². The number of nitrogens with zero attached hydrogens (tertiary/aromatic N) is 2. The van der Waals surface area contributed by atoms with E-state index in [4.69, 9.17) is 9.15 Å². The summed E-state index contributed by atoms with van der Waals surface area (Å²) in [4.78, 5) is 24.3. The molecule has 2 N–H and O–H groups in total. The zero-order valence-electron chi connectivity index (χ0n) is 13.2. The number of carbonyl (C=O) groups is 2. The summed E-state index contributed by atoms with van der Waals surface area (Å²) in [5.41, 5.74) is 1.86. The lowest BCUT2D eigenvalue weighted by atomic mass is 10.2. The highest BCUT2D eigenvalue weighted by molar-refractivity contribution is 7.98. The van der Waals surface area contributed by atoms with Crippen LogP contribution in [0.5, 0.6) is 0 Å². The molecule has 0 saturated heterocycles. The molecule has 0 radical (unpaired) electrons. The number of ether oxygens (including phenoxy) is 1. The molecule has 0 unspecified atom stereocenters. The van der Waals surface area contributed by atoms with Gasteiger partial charge in [0.15, 0.2) is 5.76 Å². The Hall–Kier alpha value is -2.26. The van der Waals surface area contributed by atoms with E-state index >= 15 is 0 Å². The first-order valence-corrected chi connectivity index (χ1v) is 8.61. The highest BCUT2D eigenvalue weighted by Crippen LogP contribution is 2.34. The number of hydrogen-bond acceptors (Lipinski definition) is 6. The molecule has 3 heterocycles. The highest BCUT2D eigenvalue weighted by atomic mass is 32.2. The molecule has 0 fully saturated rings. The number of fused-ring (bicyclic) bond motifs is 1. The molecule has 0 atom stereocenters. The van der Waals surface area contributed by atoms with Crippen LogP contribution < -0.4 is 10.6 Å². The molecule has 1 aliphatic heterocycles. The minimum absolute atomic E-state index is 0.0369. The van der Waals surface area contributed by atoms with Crippen molar-refractivity contribution in [2.24, 2.45) is 0 Å². The second-order valence-corrected chi connectivity index (χ2v) is 6.18. The fourth-order valence-electron chi connectivity index (χ4n) is 2.38. The third-order valence-electron chi connectivity index (χ3n) is 3.52. The van der Waals surface area contributed by atoms with Crippen LogP contribution in [0.1, 0.15) is 21.8 Å². The van der Waals surface area contributed by atoms with E-state index in [-0.39, 0.29) is 24.1 Å². The maximum Gasteiger partial charge on any atom is 0.292 e. The summed E-state index contributed by atoms with van der Waals surface area (Å²) < 4.78 is 11.5. The average Bonchev–Trinajstić information content (AvgIpc) is 3.27. The van der Waals surface area contributed by atoms with Crippen molar-refractivity contribution < 1.29 is 18.7 Å². The van der Waals surface area contributed by atoms with Crippen LogP contribution in [0.25, 0.3) is 0 Å². The molecule has 2 aromatic heterocycles. The van der Waals surface area contributed by atoms with E-state index in [1.165, 1.54) is 10.9 Å². The average molecular weight is 350 g/mol. The number of nitrogens with one attached hydrogen (secondary N) is 2. The van der Waals surface area contributed by atoms with E-state index in [1.807, 2.05) is 0 Å². The van der Waals surface area contributed by atoms with Gasteiger partial charge in [0.05, 0.1) is 18.6 Å².